The number of halogens is 1. The maximum absolute atomic E-state index is 15.6. The largest absolute Gasteiger partial charge is 0.462 e. The van der Waals surface area contributed by atoms with E-state index in [1.165, 1.54) is 6.07 Å². The van der Waals surface area contributed by atoms with Crippen molar-refractivity contribution < 1.29 is 33.0 Å². The minimum atomic E-state index is -0.574. The predicted molar refractivity (Wildman–Crippen MR) is 150 cm³/mol. The van der Waals surface area contributed by atoms with Gasteiger partial charge in [0.15, 0.2) is 0 Å². The summed E-state index contributed by atoms with van der Waals surface area (Å²) in [5, 5.41) is 0. The van der Waals surface area contributed by atoms with Crippen LogP contribution in [-0.4, -0.2) is 24.5 Å². The fraction of sp³-hybridized carbons (Fsp3) is 0.182. The molecule has 7 heteroatoms. The number of fused-ring (bicyclic) bond motifs is 1. The molecule has 0 spiro atoms. The molecular formula is C33H29FO6. The highest BCUT2D eigenvalue weighted by Crippen LogP contribution is 2.45. The molecule has 3 aromatic carbocycles. The Morgan fingerprint density at radius 2 is 1.60 bits per heavy atom. The van der Waals surface area contributed by atoms with Gasteiger partial charge in [0.2, 0.25) is 0 Å². The minimum Gasteiger partial charge on any atom is -0.462 e. The van der Waals surface area contributed by atoms with E-state index in [9.17, 15) is 14.4 Å². The van der Waals surface area contributed by atoms with E-state index in [-0.39, 0.29) is 23.7 Å². The summed E-state index contributed by atoms with van der Waals surface area (Å²) in [7, 11) is 0. The molecule has 1 aliphatic rings. The van der Waals surface area contributed by atoms with Gasteiger partial charge in [-0.15, -0.1) is 0 Å². The first-order valence-electron chi connectivity index (χ1n) is 12.7. The molecule has 204 valence electrons. The second kappa shape index (κ2) is 11.9. The first-order chi connectivity index (χ1) is 19.1. The lowest BCUT2D eigenvalue weighted by Crippen LogP contribution is -2.13. The number of carbonyl (C=O) groups is 3. The highest BCUT2D eigenvalue weighted by Gasteiger charge is 2.31. The molecule has 0 saturated heterocycles. The number of benzene rings is 3. The van der Waals surface area contributed by atoms with Crippen molar-refractivity contribution in [1.29, 1.82) is 0 Å². The van der Waals surface area contributed by atoms with Gasteiger partial charge in [-0.2, -0.15) is 0 Å². The SMILES string of the molecule is C=CC(=O)OCC1CCc2c(-c3ccc(-c4cccc(OC(=O)C(=C)C)c4)cc3F)ccc(OC(=O)C(=C)C)c21. The summed E-state index contributed by atoms with van der Waals surface area (Å²) < 4.78 is 31.8. The lowest BCUT2D eigenvalue weighted by atomic mass is 9.92. The van der Waals surface area contributed by atoms with Crippen LogP contribution in [-0.2, 0) is 25.5 Å². The van der Waals surface area contributed by atoms with Crippen LogP contribution in [0.4, 0.5) is 4.39 Å². The van der Waals surface area contributed by atoms with Crippen molar-refractivity contribution >= 4 is 17.9 Å². The smallest absolute Gasteiger partial charge is 0.338 e. The molecule has 0 radical (unpaired) electrons. The summed E-state index contributed by atoms with van der Waals surface area (Å²) in [5.74, 6) is -1.68. The summed E-state index contributed by atoms with van der Waals surface area (Å²) in [4.78, 5) is 35.9. The number of hydrogen-bond donors (Lipinski definition) is 0. The number of ether oxygens (including phenoxy) is 3. The molecule has 0 amide bonds. The van der Waals surface area contributed by atoms with Crippen molar-refractivity contribution in [2.45, 2.75) is 32.6 Å². The zero-order chi connectivity index (χ0) is 29.0. The number of carbonyl (C=O) groups excluding carboxylic acids is 3. The Bertz CT molecular complexity index is 1550. The van der Waals surface area contributed by atoms with Gasteiger partial charge in [0.25, 0.3) is 0 Å². The Morgan fingerprint density at radius 1 is 0.925 bits per heavy atom. The molecule has 0 aliphatic heterocycles. The van der Waals surface area contributed by atoms with Crippen LogP contribution in [0.25, 0.3) is 22.3 Å². The summed E-state index contributed by atoms with van der Waals surface area (Å²) >= 11 is 0. The monoisotopic (exact) mass is 540 g/mol. The molecular weight excluding hydrogens is 511 g/mol. The first-order valence-corrected chi connectivity index (χ1v) is 12.7. The van der Waals surface area contributed by atoms with Gasteiger partial charge in [0.1, 0.15) is 17.3 Å². The van der Waals surface area contributed by atoms with Gasteiger partial charge in [-0.3, -0.25) is 0 Å². The molecule has 0 heterocycles. The third-order valence-corrected chi connectivity index (χ3v) is 6.60. The van der Waals surface area contributed by atoms with Crippen molar-refractivity contribution in [2.75, 3.05) is 6.61 Å². The lowest BCUT2D eigenvalue weighted by Gasteiger charge is -2.18. The summed E-state index contributed by atoms with van der Waals surface area (Å²) in [5.41, 5.74) is 4.37. The fourth-order valence-corrected chi connectivity index (χ4v) is 4.61. The summed E-state index contributed by atoms with van der Waals surface area (Å²) in [6.45, 7) is 13.8. The van der Waals surface area contributed by atoms with Gasteiger partial charge >= 0.3 is 17.9 Å². The molecule has 0 saturated carbocycles. The van der Waals surface area contributed by atoms with Crippen LogP contribution in [0.3, 0.4) is 0 Å². The van der Waals surface area contributed by atoms with E-state index >= 15 is 4.39 Å². The lowest BCUT2D eigenvalue weighted by molar-refractivity contribution is -0.138. The fourth-order valence-electron chi connectivity index (χ4n) is 4.61. The Hall–Kier alpha value is -4.78. The van der Waals surface area contributed by atoms with Crippen LogP contribution in [0.2, 0.25) is 0 Å². The summed E-state index contributed by atoms with van der Waals surface area (Å²) in [6.07, 6.45) is 2.30. The molecule has 0 fully saturated rings. The van der Waals surface area contributed by atoms with Crippen LogP contribution in [0, 0.1) is 5.82 Å². The van der Waals surface area contributed by atoms with Gasteiger partial charge in [-0.25, -0.2) is 18.8 Å². The van der Waals surface area contributed by atoms with Crippen molar-refractivity contribution in [2.24, 2.45) is 0 Å². The van der Waals surface area contributed by atoms with Crippen molar-refractivity contribution in [3.8, 4) is 33.8 Å². The van der Waals surface area contributed by atoms with E-state index in [0.29, 0.717) is 52.2 Å². The normalized spacial score (nSPS) is 13.6. The Morgan fingerprint density at radius 3 is 2.27 bits per heavy atom. The van der Waals surface area contributed by atoms with Crippen molar-refractivity contribution in [3.05, 3.63) is 109 Å². The van der Waals surface area contributed by atoms with E-state index in [0.717, 1.165) is 11.6 Å². The first kappa shape index (κ1) is 28.2. The van der Waals surface area contributed by atoms with Gasteiger partial charge in [-0.05, 0) is 73.2 Å². The molecule has 1 unspecified atom stereocenters. The van der Waals surface area contributed by atoms with Crippen LogP contribution >= 0.6 is 0 Å². The van der Waals surface area contributed by atoms with Gasteiger partial charge in [0.05, 0.1) is 6.61 Å². The van der Waals surface area contributed by atoms with Gasteiger partial charge < -0.3 is 14.2 Å². The Labute approximate surface area is 232 Å². The number of hydrogen-bond acceptors (Lipinski definition) is 6. The quantitative estimate of drug-likeness (QED) is 0.167. The standard InChI is InChI=1S/C33H29FO6/c1-6-30(35)38-18-23-11-13-27-25(14-15-29(31(23)27)40-33(37)20(4)5)26-12-10-22(17-28(26)34)21-8-7-9-24(16-21)39-32(36)19(2)3/h6-10,12,14-17,23H,1-2,4,11,13,18H2,3,5H3. The molecule has 40 heavy (non-hydrogen) atoms. The number of rotatable bonds is 9. The highest BCUT2D eigenvalue weighted by molar-refractivity contribution is 5.90. The van der Waals surface area contributed by atoms with Crippen molar-refractivity contribution in [1.82, 2.24) is 0 Å². The topological polar surface area (TPSA) is 78.9 Å². The van der Waals surface area contributed by atoms with Crippen LogP contribution in [0.1, 0.15) is 37.3 Å². The molecule has 1 atom stereocenters. The molecule has 3 aromatic rings. The highest BCUT2D eigenvalue weighted by atomic mass is 19.1. The Kier molecular flexibility index (Phi) is 8.43. The molecule has 0 bridgehead atoms. The average molecular weight is 541 g/mol. The molecule has 6 nitrogen and oxygen atoms in total. The second-order valence-corrected chi connectivity index (χ2v) is 9.64. The maximum Gasteiger partial charge on any atom is 0.338 e. The van der Waals surface area contributed by atoms with Crippen LogP contribution < -0.4 is 9.47 Å². The average Bonchev–Trinajstić information content (AvgIpc) is 3.36. The summed E-state index contributed by atoms with van der Waals surface area (Å²) in [6, 6.07) is 15.1. The third kappa shape index (κ3) is 6.10. The minimum absolute atomic E-state index is 0.0760. The molecule has 0 N–H and O–H groups in total. The molecule has 1 aliphatic carbocycles. The van der Waals surface area contributed by atoms with Gasteiger partial charge in [0, 0.05) is 34.3 Å². The van der Waals surface area contributed by atoms with Crippen LogP contribution in [0.5, 0.6) is 11.5 Å². The maximum atomic E-state index is 15.6. The second-order valence-electron chi connectivity index (χ2n) is 9.64. The third-order valence-electron chi connectivity index (χ3n) is 6.60. The van der Waals surface area contributed by atoms with E-state index in [4.69, 9.17) is 14.2 Å². The zero-order valence-electron chi connectivity index (χ0n) is 22.4. The Balaban J connectivity index is 1.70. The van der Waals surface area contributed by atoms with E-state index in [1.807, 2.05) is 0 Å². The van der Waals surface area contributed by atoms with E-state index in [2.05, 4.69) is 19.7 Å². The van der Waals surface area contributed by atoms with Crippen molar-refractivity contribution in [3.63, 3.8) is 0 Å². The van der Waals surface area contributed by atoms with E-state index in [1.54, 1.807) is 62.4 Å². The molecule has 4 rings (SSSR count). The van der Waals surface area contributed by atoms with Crippen LogP contribution in [0.15, 0.2) is 91.6 Å². The number of esters is 3. The zero-order valence-corrected chi connectivity index (χ0v) is 22.4. The molecule has 0 aromatic heterocycles. The van der Waals surface area contributed by atoms with E-state index < -0.39 is 23.7 Å². The van der Waals surface area contributed by atoms with Gasteiger partial charge in [-0.1, -0.05) is 50.1 Å². The predicted octanol–water partition coefficient (Wildman–Crippen LogP) is 6.88.